The van der Waals surface area contributed by atoms with Gasteiger partial charge in [-0.3, -0.25) is 4.79 Å². The molecule has 0 aromatic carbocycles. The Bertz CT molecular complexity index is 341. The molecule has 0 aliphatic carbocycles. The molecule has 0 bridgehead atoms. The van der Waals surface area contributed by atoms with Crippen LogP contribution in [0.15, 0.2) is 16.8 Å². The summed E-state index contributed by atoms with van der Waals surface area (Å²) < 4.78 is 5.37. The minimum absolute atomic E-state index is 0.0228. The molecule has 1 amide bonds. The molecule has 96 valence electrons. The Morgan fingerprint density at radius 3 is 2.71 bits per heavy atom. The highest BCUT2D eigenvalue weighted by molar-refractivity contribution is 7.07. The lowest BCUT2D eigenvalue weighted by Crippen LogP contribution is -2.31. The summed E-state index contributed by atoms with van der Waals surface area (Å²) in [7, 11) is 1.66. The van der Waals surface area contributed by atoms with Gasteiger partial charge >= 0.3 is 0 Å². The fourth-order valence-corrected chi connectivity index (χ4v) is 2.25. The van der Waals surface area contributed by atoms with E-state index in [0.29, 0.717) is 13.0 Å². The van der Waals surface area contributed by atoms with Crippen LogP contribution in [0.4, 0.5) is 0 Å². The number of hydrogen-bond donors (Lipinski definition) is 1. The van der Waals surface area contributed by atoms with E-state index < -0.39 is 0 Å². The summed E-state index contributed by atoms with van der Waals surface area (Å²) in [5, 5.41) is 6.98. The maximum absolute atomic E-state index is 11.7. The summed E-state index contributed by atoms with van der Waals surface area (Å²) in [6.45, 7) is 6.69. The fraction of sp³-hybridized carbons (Fsp3) is 0.615. The number of nitrogens with one attached hydrogen (secondary N) is 1. The summed E-state index contributed by atoms with van der Waals surface area (Å²) in [6.07, 6.45) is 0.484. The molecular weight excluding hydrogens is 234 g/mol. The Morgan fingerprint density at radius 1 is 1.53 bits per heavy atom. The van der Waals surface area contributed by atoms with Crippen molar-refractivity contribution in [2.24, 2.45) is 5.41 Å². The van der Waals surface area contributed by atoms with Gasteiger partial charge in [0.15, 0.2) is 0 Å². The Kier molecular flexibility index (Phi) is 5.15. The SMILES string of the molecule is COC(CNC(=O)CC(C)(C)C)c1ccsc1. The predicted molar refractivity (Wildman–Crippen MR) is 71.2 cm³/mol. The Balaban J connectivity index is 2.41. The zero-order chi connectivity index (χ0) is 12.9. The second kappa shape index (κ2) is 6.17. The van der Waals surface area contributed by atoms with Crippen molar-refractivity contribution in [3.05, 3.63) is 22.4 Å². The van der Waals surface area contributed by atoms with Crippen LogP contribution in [-0.2, 0) is 9.53 Å². The predicted octanol–water partition coefficient (Wildman–Crippen LogP) is 2.99. The Morgan fingerprint density at radius 2 is 2.24 bits per heavy atom. The molecule has 1 N–H and O–H groups in total. The van der Waals surface area contributed by atoms with Crippen molar-refractivity contribution in [1.29, 1.82) is 0 Å². The van der Waals surface area contributed by atoms with Gasteiger partial charge in [-0.15, -0.1) is 0 Å². The average Bonchev–Trinajstić information content (AvgIpc) is 2.69. The third-order valence-electron chi connectivity index (χ3n) is 2.37. The number of methoxy groups -OCH3 is 1. The van der Waals surface area contributed by atoms with Crippen molar-refractivity contribution >= 4 is 17.2 Å². The molecule has 0 spiro atoms. The molecule has 1 aromatic rings. The molecule has 0 aliphatic rings. The lowest BCUT2D eigenvalue weighted by atomic mass is 9.92. The molecule has 17 heavy (non-hydrogen) atoms. The highest BCUT2D eigenvalue weighted by atomic mass is 32.1. The molecule has 1 aromatic heterocycles. The standard InChI is InChI=1S/C13H21NO2S/c1-13(2,3)7-12(15)14-8-11(16-4)10-5-6-17-9-10/h5-6,9,11H,7-8H2,1-4H3,(H,14,15). The van der Waals surface area contributed by atoms with Crippen LogP contribution in [0.2, 0.25) is 0 Å². The second-order valence-corrected chi connectivity index (χ2v) is 6.10. The summed E-state index contributed by atoms with van der Waals surface area (Å²) in [4.78, 5) is 11.7. The van der Waals surface area contributed by atoms with Crippen LogP contribution < -0.4 is 5.32 Å². The maximum atomic E-state index is 11.7. The molecule has 3 nitrogen and oxygen atoms in total. The van der Waals surface area contributed by atoms with Gasteiger partial charge in [-0.1, -0.05) is 20.8 Å². The minimum Gasteiger partial charge on any atom is -0.375 e. The van der Waals surface area contributed by atoms with Gasteiger partial charge in [-0.2, -0.15) is 11.3 Å². The molecule has 1 heterocycles. The maximum Gasteiger partial charge on any atom is 0.220 e. The zero-order valence-electron chi connectivity index (χ0n) is 10.9. The van der Waals surface area contributed by atoms with E-state index in [9.17, 15) is 4.79 Å². The lowest BCUT2D eigenvalue weighted by Gasteiger charge is -2.19. The van der Waals surface area contributed by atoms with Crippen LogP contribution in [0.1, 0.15) is 38.9 Å². The molecule has 4 heteroatoms. The van der Waals surface area contributed by atoms with Gasteiger partial charge in [0.05, 0.1) is 0 Å². The van der Waals surface area contributed by atoms with Crippen LogP contribution in [-0.4, -0.2) is 19.6 Å². The number of ether oxygens (including phenoxy) is 1. The van der Waals surface area contributed by atoms with E-state index in [1.54, 1.807) is 18.4 Å². The largest absolute Gasteiger partial charge is 0.375 e. The summed E-state index contributed by atoms with van der Waals surface area (Å²) >= 11 is 1.63. The van der Waals surface area contributed by atoms with Crippen molar-refractivity contribution < 1.29 is 9.53 Å². The first-order chi connectivity index (χ1) is 7.92. The van der Waals surface area contributed by atoms with Crippen LogP contribution in [0, 0.1) is 5.41 Å². The Labute approximate surface area is 107 Å². The fourth-order valence-electron chi connectivity index (χ4n) is 1.55. The molecule has 0 saturated heterocycles. The average molecular weight is 255 g/mol. The monoisotopic (exact) mass is 255 g/mol. The van der Waals surface area contributed by atoms with Gasteiger partial charge < -0.3 is 10.1 Å². The number of carbonyl (C=O) groups excluding carboxylic acids is 1. The quantitative estimate of drug-likeness (QED) is 0.878. The van der Waals surface area contributed by atoms with E-state index in [4.69, 9.17) is 4.74 Å². The van der Waals surface area contributed by atoms with E-state index in [1.807, 2.05) is 16.8 Å². The topological polar surface area (TPSA) is 38.3 Å². The molecule has 1 unspecified atom stereocenters. The van der Waals surface area contributed by atoms with Crippen LogP contribution in [0.3, 0.4) is 0 Å². The summed E-state index contributed by atoms with van der Waals surface area (Å²) in [5.41, 5.74) is 1.14. The number of rotatable bonds is 5. The van der Waals surface area contributed by atoms with Gasteiger partial charge in [0.25, 0.3) is 0 Å². The molecular formula is C13H21NO2S. The first kappa shape index (κ1) is 14.2. The number of hydrogen-bond acceptors (Lipinski definition) is 3. The highest BCUT2D eigenvalue weighted by Crippen LogP contribution is 2.20. The van der Waals surface area contributed by atoms with E-state index >= 15 is 0 Å². The van der Waals surface area contributed by atoms with E-state index in [0.717, 1.165) is 5.56 Å². The Hall–Kier alpha value is -0.870. The van der Waals surface area contributed by atoms with E-state index in [1.165, 1.54) is 0 Å². The van der Waals surface area contributed by atoms with Crippen LogP contribution >= 0.6 is 11.3 Å². The molecule has 0 saturated carbocycles. The van der Waals surface area contributed by atoms with Gasteiger partial charge in [0.1, 0.15) is 6.10 Å². The number of thiophene rings is 1. The van der Waals surface area contributed by atoms with Crippen molar-refractivity contribution in [1.82, 2.24) is 5.32 Å². The molecule has 1 atom stereocenters. The first-order valence-electron chi connectivity index (χ1n) is 5.74. The van der Waals surface area contributed by atoms with Crippen molar-refractivity contribution in [2.75, 3.05) is 13.7 Å². The van der Waals surface area contributed by atoms with Gasteiger partial charge in [-0.25, -0.2) is 0 Å². The highest BCUT2D eigenvalue weighted by Gasteiger charge is 2.17. The van der Waals surface area contributed by atoms with E-state index in [-0.39, 0.29) is 17.4 Å². The molecule has 1 rings (SSSR count). The second-order valence-electron chi connectivity index (χ2n) is 5.32. The molecule has 0 fully saturated rings. The number of amides is 1. The third-order valence-corrected chi connectivity index (χ3v) is 3.08. The smallest absolute Gasteiger partial charge is 0.220 e. The zero-order valence-corrected chi connectivity index (χ0v) is 11.8. The first-order valence-corrected chi connectivity index (χ1v) is 6.68. The summed E-state index contributed by atoms with van der Waals surface area (Å²) in [6, 6.07) is 2.02. The van der Waals surface area contributed by atoms with E-state index in [2.05, 4.69) is 26.1 Å². The van der Waals surface area contributed by atoms with Crippen molar-refractivity contribution in [2.45, 2.75) is 33.3 Å². The molecule has 0 aliphatic heterocycles. The number of carbonyl (C=O) groups is 1. The normalized spacial score (nSPS) is 13.4. The third kappa shape index (κ3) is 5.33. The van der Waals surface area contributed by atoms with Gasteiger partial charge in [0.2, 0.25) is 5.91 Å². The van der Waals surface area contributed by atoms with Crippen LogP contribution in [0.5, 0.6) is 0 Å². The van der Waals surface area contributed by atoms with Gasteiger partial charge in [0, 0.05) is 20.1 Å². The summed E-state index contributed by atoms with van der Waals surface area (Å²) in [5.74, 6) is 0.0785. The van der Waals surface area contributed by atoms with Gasteiger partial charge in [-0.05, 0) is 27.8 Å². The molecule has 0 radical (unpaired) electrons. The van der Waals surface area contributed by atoms with Crippen molar-refractivity contribution in [3.8, 4) is 0 Å². The van der Waals surface area contributed by atoms with Crippen LogP contribution in [0.25, 0.3) is 0 Å². The minimum atomic E-state index is -0.0508. The van der Waals surface area contributed by atoms with Crippen molar-refractivity contribution in [3.63, 3.8) is 0 Å². The lowest BCUT2D eigenvalue weighted by molar-refractivity contribution is -0.123.